The van der Waals surface area contributed by atoms with Gasteiger partial charge in [0.25, 0.3) is 0 Å². The van der Waals surface area contributed by atoms with E-state index < -0.39 is 64.3 Å². The van der Waals surface area contributed by atoms with Crippen molar-refractivity contribution in [1.82, 2.24) is 13.9 Å². The summed E-state index contributed by atoms with van der Waals surface area (Å²) in [5, 5.41) is 11.6. The third-order valence-corrected chi connectivity index (χ3v) is 9.40. The first-order valence-corrected chi connectivity index (χ1v) is 14.6. The lowest BCUT2D eigenvalue weighted by atomic mass is 9.53. The van der Waals surface area contributed by atoms with Gasteiger partial charge in [0.15, 0.2) is 0 Å². The third kappa shape index (κ3) is 4.17. The number of anilines is 1. The Balaban J connectivity index is 1.56. The number of carbonyl (C=O) groups excluding carboxylic acids is 2. The molecule has 46 heavy (non-hydrogen) atoms. The number of allylic oxidation sites excluding steroid dienone is 2. The number of amides is 2. The van der Waals surface area contributed by atoms with Gasteiger partial charge >= 0.3 is 17.7 Å². The zero-order chi connectivity index (χ0) is 32.7. The van der Waals surface area contributed by atoms with E-state index in [1.54, 1.807) is 48.5 Å². The van der Waals surface area contributed by atoms with Crippen molar-refractivity contribution < 1.29 is 32.6 Å². The highest BCUT2D eigenvalue weighted by Gasteiger charge is 2.69. The van der Waals surface area contributed by atoms with Crippen LogP contribution in [0.2, 0.25) is 5.02 Å². The smallest absolute Gasteiger partial charge is 0.508 e. The van der Waals surface area contributed by atoms with Gasteiger partial charge in [0.05, 0.1) is 29.6 Å². The van der Waals surface area contributed by atoms with Gasteiger partial charge < -0.3 is 9.84 Å². The molecule has 7 rings (SSSR count). The number of halogens is 4. The second-order valence-corrected chi connectivity index (χ2v) is 11.9. The molecule has 1 N–H and O–H groups in total. The SMILES string of the molecule is Cn1c(=O)n2n(c1=O)[C@@H]1C[C@H]3C(=O)N(c4cccc(Cl)c4)C(=O)[C@@]3(c3ccccc3)[C@@H](c3cc(OC(F)(F)F)ccc3O)C1=CC2. The monoisotopic (exact) mass is 652 g/mol. The van der Waals surface area contributed by atoms with Crippen LogP contribution in [0.1, 0.15) is 29.5 Å². The molecule has 2 amide bonds. The summed E-state index contributed by atoms with van der Waals surface area (Å²) in [6.45, 7) is -0.105. The summed E-state index contributed by atoms with van der Waals surface area (Å²) in [4.78, 5) is 57.0. The maximum Gasteiger partial charge on any atom is 0.573 e. The molecule has 1 aliphatic carbocycles. The van der Waals surface area contributed by atoms with Crippen LogP contribution in [0.4, 0.5) is 18.9 Å². The van der Waals surface area contributed by atoms with Gasteiger partial charge in [-0.05, 0) is 54.0 Å². The Morgan fingerprint density at radius 1 is 0.957 bits per heavy atom. The first-order chi connectivity index (χ1) is 21.8. The number of ether oxygens (including phenoxy) is 1. The van der Waals surface area contributed by atoms with E-state index in [4.69, 9.17) is 11.6 Å². The number of fused-ring (bicyclic) bond motifs is 4. The number of rotatable bonds is 4. The molecule has 3 aromatic carbocycles. The zero-order valence-electron chi connectivity index (χ0n) is 23.9. The molecule has 0 spiro atoms. The van der Waals surface area contributed by atoms with Crippen LogP contribution in [-0.4, -0.2) is 37.2 Å². The number of imide groups is 1. The standard InChI is InChI=1S/C32H24ClF3N4O6/c1-37-29(44)38-13-12-21-24(40(38)30(37)45)16-23-27(42)39(19-9-5-8-18(33)14-19)28(43)31(23,17-6-3-2-4-7-17)26(21)22-15-20(10-11-25(22)41)46-32(34,35)36/h2-12,14-15,23-24,26,41H,13,16H2,1H3/t23-,24+,26+,31+/m0/s1. The topological polar surface area (TPSA) is 116 Å². The van der Waals surface area contributed by atoms with Crippen LogP contribution >= 0.6 is 11.6 Å². The molecule has 4 aromatic rings. The number of alkyl halides is 3. The Morgan fingerprint density at radius 2 is 1.70 bits per heavy atom. The minimum absolute atomic E-state index is 0.105. The molecule has 1 saturated heterocycles. The lowest BCUT2D eigenvalue weighted by molar-refractivity contribution is -0.274. The van der Waals surface area contributed by atoms with E-state index in [0.29, 0.717) is 11.1 Å². The van der Waals surface area contributed by atoms with Crippen molar-refractivity contribution in [1.29, 1.82) is 0 Å². The Kier molecular flexibility index (Phi) is 6.60. The van der Waals surface area contributed by atoms with E-state index in [2.05, 4.69) is 4.74 Å². The number of hydrogen-bond donors (Lipinski definition) is 1. The highest BCUT2D eigenvalue weighted by atomic mass is 35.5. The fourth-order valence-electron chi connectivity index (χ4n) is 7.42. The summed E-state index contributed by atoms with van der Waals surface area (Å²) in [5.74, 6) is -4.92. The summed E-state index contributed by atoms with van der Waals surface area (Å²) in [6, 6.07) is 16.5. The second kappa shape index (κ2) is 10.2. The van der Waals surface area contributed by atoms with Crippen LogP contribution in [0.25, 0.3) is 0 Å². The van der Waals surface area contributed by atoms with Crippen LogP contribution in [0.5, 0.6) is 11.5 Å². The first kappa shape index (κ1) is 29.7. The van der Waals surface area contributed by atoms with Gasteiger partial charge in [-0.2, -0.15) is 0 Å². The lowest BCUT2D eigenvalue weighted by Gasteiger charge is -2.49. The molecule has 4 atom stereocenters. The van der Waals surface area contributed by atoms with Crippen LogP contribution in [0, 0.1) is 5.92 Å². The van der Waals surface area contributed by atoms with Crippen molar-refractivity contribution in [3.8, 4) is 11.5 Å². The van der Waals surface area contributed by atoms with E-state index in [0.717, 1.165) is 27.7 Å². The highest BCUT2D eigenvalue weighted by molar-refractivity contribution is 6.32. The normalized spacial score (nSPS) is 23.9. The quantitative estimate of drug-likeness (QED) is 0.258. The Hall–Kier alpha value is -5.04. The molecule has 1 aromatic heterocycles. The fraction of sp³-hybridized carbons (Fsp3) is 0.250. The molecular formula is C32H24ClF3N4O6. The maximum atomic E-state index is 15.1. The van der Waals surface area contributed by atoms with E-state index in [1.807, 2.05) is 0 Å². The average Bonchev–Trinajstić information content (AvgIpc) is 3.38. The summed E-state index contributed by atoms with van der Waals surface area (Å²) in [5.41, 5.74) is -2.28. The predicted octanol–water partition coefficient (Wildman–Crippen LogP) is 4.40. The van der Waals surface area contributed by atoms with Crippen molar-refractivity contribution >= 4 is 29.1 Å². The van der Waals surface area contributed by atoms with E-state index in [1.165, 1.54) is 28.5 Å². The number of aromatic hydroxyl groups is 1. The molecule has 236 valence electrons. The number of benzene rings is 3. The Bertz CT molecular complexity index is 2090. The van der Waals surface area contributed by atoms with Gasteiger partial charge in [-0.1, -0.05) is 54.1 Å². The number of phenols is 1. The van der Waals surface area contributed by atoms with Crippen LogP contribution in [0.15, 0.2) is 94.0 Å². The minimum Gasteiger partial charge on any atom is -0.508 e. The molecule has 3 heterocycles. The van der Waals surface area contributed by atoms with Gasteiger partial charge in [-0.15, -0.1) is 13.2 Å². The molecule has 2 aliphatic heterocycles. The van der Waals surface area contributed by atoms with Crippen LogP contribution < -0.4 is 21.0 Å². The van der Waals surface area contributed by atoms with E-state index >= 15 is 4.79 Å². The second-order valence-electron chi connectivity index (χ2n) is 11.5. The van der Waals surface area contributed by atoms with Crippen molar-refractivity contribution in [2.24, 2.45) is 13.0 Å². The molecule has 3 aliphatic rings. The highest BCUT2D eigenvalue weighted by Crippen LogP contribution is 2.63. The average molecular weight is 653 g/mol. The number of carbonyl (C=O) groups is 2. The number of aromatic nitrogens is 3. The van der Waals surface area contributed by atoms with Crippen molar-refractivity contribution in [2.75, 3.05) is 4.90 Å². The van der Waals surface area contributed by atoms with Crippen molar-refractivity contribution in [2.45, 2.75) is 36.7 Å². The molecule has 0 radical (unpaired) electrons. The third-order valence-electron chi connectivity index (χ3n) is 9.16. The van der Waals surface area contributed by atoms with Crippen LogP contribution in [0.3, 0.4) is 0 Å². The number of nitrogens with zero attached hydrogens (tertiary/aromatic N) is 4. The van der Waals surface area contributed by atoms with E-state index in [-0.39, 0.29) is 29.2 Å². The van der Waals surface area contributed by atoms with Crippen LogP contribution in [-0.2, 0) is 28.6 Å². The first-order valence-electron chi connectivity index (χ1n) is 14.2. The molecular weight excluding hydrogens is 629 g/mol. The number of hydrogen-bond acceptors (Lipinski definition) is 6. The van der Waals surface area contributed by atoms with Gasteiger partial charge in [-0.25, -0.2) is 28.4 Å². The van der Waals surface area contributed by atoms with Gasteiger partial charge in [0.1, 0.15) is 11.5 Å². The maximum absolute atomic E-state index is 15.1. The zero-order valence-corrected chi connectivity index (χ0v) is 24.7. The largest absolute Gasteiger partial charge is 0.573 e. The summed E-state index contributed by atoms with van der Waals surface area (Å²) in [6.07, 6.45) is -3.54. The van der Waals surface area contributed by atoms with Crippen molar-refractivity contribution in [3.05, 3.63) is 122 Å². The molecule has 10 nitrogen and oxygen atoms in total. The lowest BCUT2D eigenvalue weighted by Crippen LogP contribution is -2.53. The van der Waals surface area contributed by atoms with Gasteiger partial charge in [0, 0.05) is 23.6 Å². The van der Waals surface area contributed by atoms with E-state index in [9.17, 15) is 32.7 Å². The summed E-state index contributed by atoms with van der Waals surface area (Å²) in [7, 11) is 1.31. The molecule has 1 saturated carbocycles. The number of phenolic OH excluding ortho intramolecular Hbond substituents is 1. The molecule has 2 fully saturated rings. The van der Waals surface area contributed by atoms with Gasteiger partial charge in [0.2, 0.25) is 11.8 Å². The summed E-state index contributed by atoms with van der Waals surface area (Å²) >= 11 is 6.26. The van der Waals surface area contributed by atoms with Gasteiger partial charge in [-0.3, -0.25) is 9.59 Å². The van der Waals surface area contributed by atoms with Crippen molar-refractivity contribution in [3.63, 3.8) is 0 Å². The molecule has 14 heteroatoms. The summed E-state index contributed by atoms with van der Waals surface area (Å²) < 4.78 is 47.7. The molecule has 0 bridgehead atoms. The minimum atomic E-state index is -5.07. The Morgan fingerprint density at radius 3 is 2.39 bits per heavy atom. The fourth-order valence-corrected chi connectivity index (χ4v) is 7.60. The Labute approximate surface area is 263 Å². The molecule has 0 unspecified atom stereocenters. The predicted molar refractivity (Wildman–Crippen MR) is 159 cm³/mol.